The highest BCUT2D eigenvalue weighted by Gasteiger charge is 2.38. The summed E-state index contributed by atoms with van der Waals surface area (Å²) in [6, 6.07) is 5.36. The van der Waals surface area contributed by atoms with Gasteiger partial charge in [-0.1, -0.05) is 6.07 Å². The van der Waals surface area contributed by atoms with Crippen LogP contribution in [-0.4, -0.2) is 61.3 Å². The molecule has 1 aromatic carbocycles. The number of nitrogens with one attached hydrogen (secondary N) is 3. The Hall–Kier alpha value is -3.98. The number of fused-ring (bicyclic) bond motifs is 1. The molecule has 2 amide bonds. The molecule has 3 aromatic rings. The highest BCUT2D eigenvalue weighted by molar-refractivity contribution is 6.00. The van der Waals surface area contributed by atoms with Crippen molar-refractivity contribution in [2.45, 2.75) is 38.1 Å². The molecule has 15 heteroatoms. The summed E-state index contributed by atoms with van der Waals surface area (Å²) >= 11 is 0. The number of carboxylic acid groups (broad SMARTS) is 1. The van der Waals surface area contributed by atoms with Crippen LogP contribution in [-0.2, 0) is 11.3 Å². The van der Waals surface area contributed by atoms with Gasteiger partial charge in [0, 0.05) is 11.3 Å². The molecule has 0 aliphatic carbocycles. The number of aromatic nitrogens is 3. The number of piperidine rings is 1. The third-order valence-electron chi connectivity index (χ3n) is 5.61. The number of aliphatic hydroxyl groups is 1. The van der Waals surface area contributed by atoms with Crippen LogP contribution < -0.4 is 21.5 Å². The predicted octanol–water partition coefficient (Wildman–Crippen LogP) is 2.34. The SMILES string of the molecule is Cc1c(F)cccc1NC(=O)Nc1cc2c(=O)n(CC3(O)CCNCC3)cnn2c1.O=C(O)C(F)(F)F. The van der Waals surface area contributed by atoms with Crippen LogP contribution in [0.25, 0.3) is 5.52 Å². The molecule has 1 aliphatic rings. The average Bonchev–Trinajstić information content (AvgIpc) is 3.22. The zero-order chi connectivity index (χ0) is 27.4. The first-order valence-electron chi connectivity index (χ1n) is 10.9. The summed E-state index contributed by atoms with van der Waals surface area (Å²) in [6.07, 6.45) is -1.08. The number of aliphatic carboxylic acids is 1. The Morgan fingerprint density at radius 1 is 1.22 bits per heavy atom. The van der Waals surface area contributed by atoms with Gasteiger partial charge in [0.15, 0.2) is 0 Å². The van der Waals surface area contributed by atoms with Crippen LogP contribution in [0.4, 0.5) is 33.7 Å². The molecule has 0 saturated carbocycles. The monoisotopic (exact) mass is 528 g/mol. The Bertz CT molecular complexity index is 1350. The number of amides is 2. The summed E-state index contributed by atoms with van der Waals surface area (Å²) in [7, 11) is 0. The van der Waals surface area contributed by atoms with Crippen LogP contribution in [0, 0.1) is 12.7 Å². The van der Waals surface area contributed by atoms with Gasteiger partial charge < -0.3 is 26.2 Å². The fourth-order valence-electron chi connectivity index (χ4n) is 3.60. The van der Waals surface area contributed by atoms with Crippen molar-refractivity contribution < 1.29 is 37.4 Å². The molecule has 11 nitrogen and oxygen atoms in total. The lowest BCUT2D eigenvalue weighted by molar-refractivity contribution is -0.192. The third-order valence-corrected chi connectivity index (χ3v) is 5.61. The van der Waals surface area contributed by atoms with E-state index in [1.807, 2.05) is 0 Å². The van der Waals surface area contributed by atoms with Crippen LogP contribution >= 0.6 is 0 Å². The van der Waals surface area contributed by atoms with E-state index in [0.717, 1.165) is 0 Å². The highest BCUT2D eigenvalue weighted by atomic mass is 19.4. The van der Waals surface area contributed by atoms with Gasteiger partial charge in [-0.05, 0) is 51.1 Å². The van der Waals surface area contributed by atoms with E-state index >= 15 is 0 Å². The van der Waals surface area contributed by atoms with Gasteiger partial charge in [-0.15, -0.1) is 0 Å². The molecule has 5 N–H and O–H groups in total. The minimum absolute atomic E-state index is 0.157. The van der Waals surface area contributed by atoms with E-state index in [1.165, 1.54) is 39.8 Å². The van der Waals surface area contributed by atoms with Crippen molar-refractivity contribution in [1.82, 2.24) is 19.5 Å². The van der Waals surface area contributed by atoms with Crippen molar-refractivity contribution in [3.8, 4) is 0 Å². The normalized spacial score (nSPS) is 15.0. The fourth-order valence-corrected chi connectivity index (χ4v) is 3.60. The maximum atomic E-state index is 13.6. The maximum absolute atomic E-state index is 13.6. The molecular weight excluding hydrogens is 504 g/mol. The van der Waals surface area contributed by atoms with Crippen molar-refractivity contribution in [1.29, 1.82) is 0 Å². The molecule has 0 radical (unpaired) electrons. The van der Waals surface area contributed by atoms with E-state index in [-0.39, 0.29) is 17.6 Å². The number of alkyl halides is 3. The van der Waals surface area contributed by atoms with Gasteiger partial charge in [0.1, 0.15) is 17.7 Å². The summed E-state index contributed by atoms with van der Waals surface area (Å²) in [6.45, 7) is 3.12. The van der Waals surface area contributed by atoms with Gasteiger partial charge in [0.25, 0.3) is 5.56 Å². The lowest BCUT2D eigenvalue weighted by Crippen LogP contribution is -2.46. The number of anilines is 2. The molecule has 2 aromatic heterocycles. The van der Waals surface area contributed by atoms with E-state index in [1.54, 1.807) is 13.0 Å². The lowest BCUT2D eigenvalue weighted by atomic mass is 9.92. The van der Waals surface area contributed by atoms with Crippen LogP contribution in [0.5, 0.6) is 0 Å². The van der Waals surface area contributed by atoms with Crippen LogP contribution in [0.2, 0.25) is 0 Å². The summed E-state index contributed by atoms with van der Waals surface area (Å²) in [5.41, 5.74) is 0.0519. The summed E-state index contributed by atoms with van der Waals surface area (Å²) < 4.78 is 48.1. The number of nitrogens with zero attached hydrogens (tertiary/aromatic N) is 3. The number of carbonyl (C=O) groups is 2. The second kappa shape index (κ2) is 11.0. The summed E-state index contributed by atoms with van der Waals surface area (Å²) in [4.78, 5) is 34.0. The second-order valence-electron chi connectivity index (χ2n) is 8.39. The number of halogens is 4. The number of rotatable bonds is 4. The van der Waals surface area contributed by atoms with Crippen molar-refractivity contribution >= 4 is 28.9 Å². The number of carbonyl (C=O) groups excluding carboxylic acids is 1. The first kappa shape index (κ1) is 27.6. The van der Waals surface area contributed by atoms with Gasteiger partial charge in [-0.2, -0.15) is 18.3 Å². The van der Waals surface area contributed by atoms with Crippen LogP contribution in [0.1, 0.15) is 18.4 Å². The molecule has 0 unspecified atom stereocenters. The molecule has 0 atom stereocenters. The highest BCUT2D eigenvalue weighted by Crippen LogP contribution is 2.21. The lowest BCUT2D eigenvalue weighted by Gasteiger charge is -2.32. The van der Waals surface area contributed by atoms with Gasteiger partial charge in [-0.3, -0.25) is 9.36 Å². The molecule has 3 heterocycles. The molecule has 1 fully saturated rings. The molecule has 200 valence electrons. The van der Waals surface area contributed by atoms with Crippen molar-refractivity contribution in [3.05, 3.63) is 58.5 Å². The van der Waals surface area contributed by atoms with E-state index in [0.29, 0.717) is 42.9 Å². The first-order valence-corrected chi connectivity index (χ1v) is 10.9. The molecule has 1 aliphatic heterocycles. The Morgan fingerprint density at radius 2 is 1.86 bits per heavy atom. The fraction of sp³-hybridized carbons (Fsp3) is 0.364. The number of benzene rings is 1. The Morgan fingerprint density at radius 3 is 2.49 bits per heavy atom. The predicted molar refractivity (Wildman–Crippen MR) is 124 cm³/mol. The standard InChI is InChI=1S/C20H23FN6O3.C2HF3O2/c1-13-15(21)3-2-4-16(13)25-19(29)24-14-9-17-18(28)26(12-23-27(17)10-14)11-20(30)5-7-22-8-6-20;3-2(4,5)1(6)7/h2-4,9-10,12,22,30H,5-8,11H2,1H3,(H2,24,25,29);(H,6,7). The van der Waals surface area contributed by atoms with E-state index in [9.17, 15) is 32.3 Å². The average molecular weight is 528 g/mol. The van der Waals surface area contributed by atoms with Gasteiger partial charge >= 0.3 is 18.2 Å². The number of carboxylic acids is 1. The number of hydrogen-bond donors (Lipinski definition) is 5. The molecule has 0 bridgehead atoms. The molecule has 1 saturated heterocycles. The summed E-state index contributed by atoms with van der Waals surface area (Å²) in [5.74, 6) is -3.17. The van der Waals surface area contributed by atoms with E-state index in [4.69, 9.17) is 9.90 Å². The smallest absolute Gasteiger partial charge is 0.475 e. The molecular formula is C22H24F4N6O5. The van der Waals surface area contributed by atoms with E-state index in [2.05, 4.69) is 21.0 Å². The Balaban J connectivity index is 0.000000479. The van der Waals surface area contributed by atoms with Crippen molar-refractivity contribution in [3.63, 3.8) is 0 Å². The second-order valence-corrected chi connectivity index (χ2v) is 8.39. The number of hydrogen-bond acceptors (Lipinski definition) is 6. The first-order chi connectivity index (χ1) is 17.3. The van der Waals surface area contributed by atoms with Crippen LogP contribution in [0.15, 0.2) is 41.6 Å². The maximum Gasteiger partial charge on any atom is 0.490 e. The minimum atomic E-state index is -5.08. The molecule has 4 rings (SSSR count). The summed E-state index contributed by atoms with van der Waals surface area (Å²) in [5, 5.41) is 30.4. The van der Waals surface area contributed by atoms with Gasteiger partial charge in [-0.25, -0.2) is 18.5 Å². The zero-order valence-electron chi connectivity index (χ0n) is 19.5. The van der Waals surface area contributed by atoms with Gasteiger partial charge in [0.05, 0.1) is 24.0 Å². The third kappa shape index (κ3) is 7.04. The molecule has 0 spiro atoms. The molecule has 37 heavy (non-hydrogen) atoms. The van der Waals surface area contributed by atoms with Gasteiger partial charge in [0.2, 0.25) is 0 Å². The Labute approximate surface area is 206 Å². The van der Waals surface area contributed by atoms with Crippen molar-refractivity contribution in [2.75, 3.05) is 23.7 Å². The number of urea groups is 1. The quantitative estimate of drug-likeness (QED) is 0.326. The van der Waals surface area contributed by atoms with E-state index < -0.39 is 29.6 Å². The Kier molecular flexibility index (Phi) is 8.18. The van der Waals surface area contributed by atoms with Crippen LogP contribution in [0.3, 0.4) is 0 Å². The minimum Gasteiger partial charge on any atom is -0.475 e. The topological polar surface area (TPSA) is 150 Å². The zero-order valence-corrected chi connectivity index (χ0v) is 19.5. The largest absolute Gasteiger partial charge is 0.490 e. The van der Waals surface area contributed by atoms with Crippen molar-refractivity contribution in [2.24, 2.45) is 0 Å².